The van der Waals surface area contributed by atoms with Gasteiger partial charge < -0.3 is 10.4 Å². The van der Waals surface area contributed by atoms with E-state index in [1.807, 2.05) is 6.07 Å². The average Bonchev–Trinajstić information content (AvgIpc) is 3.25. The van der Waals surface area contributed by atoms with Crippen molar-refractivity contribution < 1.29 is 23.1 Å². The summed E-state index contributed by atoms with van der Waals surface area (Å²) in [6.45, 7) is -0.129. The Bertz CT molecular complexity index is 729. The van der Waals surface area contributed by atoms with Gasteiger partial charge in [0.05, 0.1) is 4.88 Å². The number of hydrogen-bond donors (Lipinski definition) is 2. The SMILES string of the molecule is O=C(NCc1cncc(C2CC2)c1)C(O)(c1cccs1)C(F)(F)F. The second kappa shape index (κ2) is 6.18. The van der Waals surface area contributed by atoms with Gasteiger partial charge in [-0.3, -0.25) is 9.78 Å². The molecule has 0 saturated heterocycles. The Labute approximate surface area is 140 Å². The first-order chi connectivity index (χ1) is 11.3. The lowest BCUT2D eigenvalue weighted by Gasteiger charge is -2.28. The lowest BCUT2D eigenvalue weighted by atomic mass is 10.00. The van der Waals surface area contributed by atoms with Gasteiger partial charge in [0.25, 0.3) is 11.5 Å². The molecule has 2 aromatic rings. The standard InChI is InChI=1S/C16H15F3N2O2S/c17-16(18,19)15(23,13-2-1-5-24-13)14(22)21-8-10-6-12(9-20-7-10)11-3-4-11/h1-2,5-7,9,11,23H,3-4,8H2,(H,21,22). The molecule has 1 atom stereocenters. The topological polar surface area (TPSA) is 62.2 Å². The fraction of sp³-hybridized carbons (Fsp3) is 0.375. The monoisotopic (exact) mass is 356 g/mol. The number of pyridine rings is 1. The summed E-state index contributed by atoms with van der Waals surface area (Å²) >= 11 is 0.678. The molecular formula is C16H15F3N2O2S. The number of carbonyl (C=O) groups is 1. The number of carbonyl (C=O) groups excluding carboxylic acids is 1. The number of amides is 1. The highest BCUT2D eigenvalue weighted by Gasteiger charge is 2.61. The quantitative estimate of drug-likeness (QED) is 0.865. The van der Waals surface area contributed by atoms with Crippen LogP contribution in [-0.2, 0) is 16.9 Å². The molecule has 0 bridgehead atoms. The van der Waals surface area contributed by atoms with E-state index in [1.54, 1.807) is 6.20 Å². The zero-order chi connectivity index (χ0) is 17.4. The van der Waals surface area contributed by atoms with Gasteiger partial charge in [-0.15, -0.1) is 11.3 Å². The number of halogens is 3. The van der Waals surface area contributed by atoms with E-state index in [4.69, 9.17) is 0 Å². The summed E-state index contributed by atoms with van der Waals surface area (Å²) in [5, 5.41) is 13.6. The number of aliphatic hydroxyl groups is 1. The molecule has 3 rings (SSSR count). The van der Waals surface area contributed by atoms with E-state index >= 15 is 0 Å². The van der Waals surface area contributed by atoms with Crippen molar-refractivity contribution in [1.29, 1.82) is 0 Å². The molecule has 128 valence electrons. The van der Waals surface area contributed by atoms with E-state index < -0.39 is 22.6 Å². The van der Waals surface area contributed by atoms with Gasteiger partial charge in [-0.2, -0.15) is 13.2 Å². The van der Waals surface area contributed by atoms with E-state index in [2.05, 4.69) is 10.3 Å². The zero-order valence-corrected chi connectivity index (χ0v) is 13.3. The molecule has 24 heavy (non-hydrogen) atoms. The van der Waals surface area contributed by atoms with Gasteiger partial charge >= 0.3 is 6.18 Å². The van der Waals surface area contributed by atoms with Crippen LogP contribution in [0.25, 0.3) is 0 Å². The molecule has 2 aromatic heterocycles. The molecular weight excluding hydrogens is 341 g/mol. The van der Waals surface area contributed by atoms with Gasteiger partial charge in [-0.1, -0.05) is 12.1 Å². The van der Waals surface area contributed by atoms with Crippen LogP contribution in [0.5, 0.6) is 0 Å². The highest BCUT2D eigenvalue weighted by molar-refractivity contribution is 7.10. The normalized spacial score (nSPS) is 17.3. The maximum Gasteiger partial charge on any atom is 0.431 e. The summed E-state index contributed by atoms with van der Waals surface area (Å²) in [4.78, 5) is 15.7. The molecule has 1 unspecified atom stereocenters. The third-order valence-electron chi connectivity index (χ3n) is 3.93. The molecule has 1 amide bonds. The van der Waals surface area contributed by atoms with Gasteiger partial charge in [0.1, 0.15) is 0 Å². The Morgan fingerprint density at radius 3 is 2.71 bits per heavy atom. The fourth-order valence-corrected chi connectivity index (χ4v) is 3.26. The molecule has 0 aliphatic heterocycles. The first-order valence-electron chi connectivity index (χ1n) is 7.37. The summed E-state index contributed by atoms with van der Waals surface area (Å²) in [7, 11) is 0. The molecule has 1 aliphatic carbocycles. The number of nitrogens with zero attached hydrogens (tertiary/aromatic N) is 1. The van der Waals surface area contributed by atoms with E-state index in [0.29, 0.717) is 22.8 Å². The Hall–Kier alpha value is -1.93. The number of aromatic nitrogens is 1. The van der Waals surface area contributed by atoms with Crippen LogP contribution < -0.4 is 5.32 Å². The maximum atomic E-state index is 13.3. The molecule has 0 aromatic carbocycles. The van der Waals surface area contributed by atoms with Crippen LogP contribution >= 0.6 is 11.3 Å². The predicted octanol–water partition coefficient (Wildman–Crippen LogP) is 3.09. The van der Waals surface area contributed by atoms with Crippen LogP contribution in [0.1, 0.15) is 34.8 Å². The minimum Gasteiger partial charge on any atom is -0.368 e. The van der Waals surface area contributed by atoms with Crippen molar-refractivity contribution in [3.8, 4) is 0 Å². The van der Waals surface area contributed by atoms with Gasteiger partial charge in [-0.25, -0.2) is 0 Å². The first kappa shape index (κ1) is 16.9. The summed E-state index contributed by atoms with van der Waals surface area (Å²) in [5.41, 5.74) is -1.93. The van der Waals surface area contributed by atoms with Crippen LogP contribution in [0.3, 0.4) is 0 Å². The van der Waals surface area contributed by atoms with Gasteiger partial charge in [0.15, 0.2) is 0 Å². The third-order valence-corrected chi connectivity index (χ3v) is 4.91. The molecule has 0 spiro atoms. The Balaban J connectivity index is 1.76. The van der Waals surface area contributed by atoms with Crippen LogP contribution in [-0.4, -0.2) is 22.2 Å². The van der Waals surface area contributed by atoms with Crippen molar-refractivity contribution in [1.82, 2.24) is 10.3 Å². The second-order valence-corrected chi connectivity index (χ2v) is 6.72. The number of hydrogen-bond acceptors (Lipinski definition) is 4. The number of alkyl halides is 3. The molecule has 1 saturated carbocycles. The summed E-state index contributed by atoms with van der Waals surface area (Å²) in [6.07, 6.45) is 0.244. The highest BCUT2D eigenvalue weighted by atomic mass is 32.1. The van der Waals surface area contributed by atoms with Crippen molar-refractivity contribution in [2.75, 3.05) is 0 Å². The van der Waals surface area contributed by atoms with Crippen LogP contribution in [0, 0.1) is 0 Å². The van der Waals surface area contributed by atoms with Crippen molar-refractivity contribution in [2.24, 2.45) is 0 Å². The minimum atomic E-state index is -5.12. The zero-order valence-electron chi connectivity index (χ0n) is 12.5. The molecule has 2 N–H and O–H groups in total. The number of thiophene rings is 1. The fourth-order valence-electron chi connectivity index (χ4n) is 2.42. The molecule has 0 radical (unpaired) electrons. The Morgan fingerprint density at radius 2 is 2.12 bits per heavy atom. The Kier molecular flexibility index (Phi) is 4.35. The van der Waals surface area contributed by atoms with Gasteiger partial charge in [0, 0.05) is 18.9 Å². The predicted molar refractivity (Wildman–Crippen MR) is 82.3 cm³/mol. The van der Waals surface area contributed by atoms with Gasteiger partial charge in [0.2, 0.25) is 0 Å². The number of rotatable bonds is 5. The van der Waals surface area contributed by atoms with Crippen molar-refractivity contribution in [3.63, 3.8) is 0 Å². The summed E-state index contributed by atoms with van der Waals surface area (Å²) in [5.74, 6) is -1.04. The van der Waals surface area contributed by atoms with E-state index in [9.17, 15) is 23.1 Å². The van der Waals surface area contributed by atoms with Gasteiger partial charge in [-0.05, 0) is 41.3 Å². The summed E-state index contributed by atoms with van der Waals surface area (Å²) in [6, 6.07) is 4.27. The van der Waals surface area contributed by atoms with E-state index in [0.717, 1.165) is 24.5 Å². The molecule has 4 nitrogen and oxygen atoms in total. The molecule has 1 aliphatic rings. The summed E-state index contributed by atoms with van der Waals surface area (Å²) < 4.78 is 39.9. The molecule has 1 fully saturated rings. The lowest BCUT2D eigenvalue weighted by molar-refractivity contribution is -0.255. The number of nitrogens with one attached hydrogen (secondary N) is 1. The van der Waals surface area contributed by atoms with Crippen molar-refractivity contribution in [2.45, 2.75) is 37.1 Å². The van der Waals surface area contributed by atoms with E-state index in [-0.39, 0.29) is 6.54 Å². The average molecular weight is 356 g/mol. The first-order valence-corrected chi connectivity index (χ1v) is 8.25. The maximum absolute atomic E-state index is 13.3. The van der Waals surface area contributed by atoms with Crippen molar-refractivity contribution in [3.05, 3.63) is 52.0 Å². The highest BCUT2D eigenvalue weighted by Crippen LogP contribution is 2.41. The third kappa shape index (κ3) is 3.16. The van der Waals surface area contributed by atoms with Crippen molar-refractivity contribution >= 4 is 17.2 Å². The minimum absolute atomic E-state index is 0.129. The molecule has 2 heterocycles. The van der Waals surface area contributed by atoms with E-state index in [1.165, 1.54) is 17.6 Å². The smallest absolute Gasteiger partial charge is 0.368 e. The second-order valence-electron chi connectivity index (χ2n) is 5.77. The lowest BCUT2D eigenvalue weighted by Crippen LogP contribution is -2.53. The van der Waals surface area contributed by atoms with Crippen LogP contribution in [0.4, 0.5) is 13.2 Å². The largest absolute Gasteiger partial charge is 0.431 e. The van der Waals surface area contributed by atoms with Crippen LogP contribution in [0.2, 0.25) is 0 Å². The Morgan fingerprint density at radius 1 is 1.38 bits per heavy atom. The molecule has 8 heteroatoms. The van der Waals surface area contributed by atoms with Crippen LogP contribution in [0.15, 0.2) is 36.0 Å².